The average molecular weight is 373 g/mol. The third kappa shape index (κ3) is 4.23. The maximum absolute atomic E-state index is 12.2. The van der Waals surface area contributed by atoms with Crippen LogP contribution in [0.15, 0.2) is 64.3 Å². The van der Waals surface area contributed by atoms with Crippen LogP contribution in [0, 0.1) is 6.92 Å². The highest BCUT2D eigenvalue weighted by atomic mass is 32.2. The topological polar surface area (TPSA) is 88.2 Å². The first kappa shape index (κ1) is 17.1. The number of anilines is 2. The van der Waals surface area contributed by atoms with Crippen molar-refractivity contribution < 1.29 is 13.2 Å². The Bertz CT molecular complexity index is 982. The summed E-state index contributed by atoms with van der Waals surface area (Å²) in [6, 6.07) is 13.0. The van der Waals surface area contributed by atoms with Gasteiger partial charge in [0.05, 0.1) is 0 Å². The van der Waals surface area contributed by atoms with E-state index < -0.39 is 10.0 Å². The summed E-state index contributed by atoms with van der Waals surface area (Å²) in [6.07, 6.45) is 1.62. The number of nitrogens with zero attached hydrogens (tertiary/aromatic N) is 1. The molecule has 0 fully saturated rings. The van der Waals surface area contributed by atoms with Crippen LogP contribution in [0.2, 0.25) is 0 Å². The molecule has 1 aromatic carbocycles. The Balaban J connectivity index is 1.71. The molecule has 0 aliphatic rings. The number of hydrogen-bond donors (Lipinski definition) is 2. The second-order valence-electron chi connectivity index (χ2n) is 5.29. The Hall–Kier alpha value is -2.71. The predicted molar refractivity (Wildman–Crippen MR) is 98.5 cm³/mol. The van der Waals surface area contributed by atoms with Gasteiger partial charge in [0.2, 0.25) is 0 Å². The number of rotatable bonds is 5. The van der Waals surface area contributed by atoms with Gasteiger partial charge in [-0.25, -0.2) is 13.4 Å². The van der Waals surface area contributed by atoms with E-state index in [9.17, 15) is 13.2 Å². The van der Waals surface area contributed by atoms with Crippen LogP contribution < -0.4 is 10.0 Å². The van der Waals surface area contributed by atoms with Crippen molar-refractivity contribution >= 4 is 38.8 Å². The normalized spacial score (nSPS) is 11.1. The van der Waals surface area contributed by atoms with E-state index in [1.54, 1.807) is 48.0 Å². The maximum atomic E-state index is 12.2. The van der Waals surface area contributed by atoms with Crippen LogP contribution in [-0.4, -0.2) is 19.3 Å². The van der Waals surface area contributed by atoms with E-state index in [1.807, 2.05) is 13.0 Å². The molecule has 0 unspecified atom stereocenters. The molecular weight excluding hydrogens is 358 g/mol. The molecule has 0 radical (unpaired) electrons. The summed E-state index contributed by atoms with van der Waals surface area (Å²) in [5.41, 5.74) is 1.78. The number of sulfonamides is 1. The zero-order valence-corrected chi connectivity index (χ0v) is 14.9. The van der Waals surface area contributed by atoms with E-state index in [0.29, 0.717) is 17.1 Å². The summed E-state index contributed by atoms with van der Waals surface area (Å²) in [5.74, 6) is 0.151. The standard InChI is InChI=1S/C17H15N3O3S2/c1-12-8-9-18-15(11-12)19-17(21)13-4-6-14(7-5-13)20-25(22,23)16-3-2-10-24-16/h2-11,20H,1H3,(H,18,19,21). The molecular formula is C17H15N3O3S2. The van der Waals surface area contributed by atoms with Gasteiger partial charge in [-0.05, 0) is 60.3 Å². The smallest absolute Gasteiger partial charge is 0.271 e. The van der Waals surface area contributed by atoms with Crippen molar-refractivity contribution in [3.8, 4) is 0 Å². The van der Waals surface area contributed by atoms with Crippen molar-refractivity contribution in [3.05, 3.63) is 71.2 Å². The Kier molecular flexibility index (Phi) is 4.82. The fraction of sp³-hybridized carbons (Fsp3) is 0.0588. The van der Waals surface area contributed by atoms with Crippen molar-refractivity contribution in [1.29, 1.82) is 0 Å². The summed E-state index contributed by atoms with van der Waals surface area (Å²) in [6.45, 7) is 1.91. The zero-order chi connectivity index (χ0) is 17.9. The van der Waals surface area contributed by atoms with Crippen LogP contribution in [0.25, 0.3) is 0 Å². The summed E-state index contributed by atoms with van der Waals surface area (Å²) in [4.78, 5) is 16.3. The Morgan fingerprint density at radius 1 is 1.12 bits per heavy atom. The van der Waals surface area contributed by atoms with Crippen molar-refractivity contribution in [2.45, 2.75) is 11.1 Å². The largest absolute Gasteiger partial charge is 0.307 e. The number of aromatic nitrogens is 1. The summed E-state index contributed by atoms with van der Waals surface area (Å²) >= 11 is 1.14. The zero-order valence-electron chi connectivity index (χ0n) is 13.3. The molecule has 6 nitrogen and oxygen atoms in total. The monoisotopic (exact) mass is 373 g/mol. The highest BCUT2D eigenvalue weighted by molar-refractivity contribution is 7.94. The first-order valence-electron chi connectivity index (χ1n) is 7.34. The van der Waals surface area contributed by atoms with Gasteiger partial charge in [-0.1, -0.05) is 6.07 Å². The summed E-state index contributed by atoms with van der Waals surface area (Å²) < 4.78 is 27.1. The van der Waals surface area contributed by atoms with Crippen LogP contribution >= 0.6 is 11.3 Å². The fourth-order valence-corrected chi connectivity index (χ4v) is 4.16. The maximum Gasteiger partial charge on any atom is 0.271 e. The first-order valence-corrected chi connectivity index (χ1v) is 9.71. The molecule has 0 spiro atoms. The minimum Gasteiger partial charge on any atom is -0.307 e. The van der Waals surface area contributed by atoms with Gasteiger partial charge in [-0.3, -0.25) is 9.52 Å². The number of hydrogen-bond acceptors (Lipinski definition) is 5. The van der Waals surface area contributed by atoms with Gasteiger partial charge in [0.1, 0.15) is 10.0 Å². The number of carbonyl (C=O) groups is 1. The molecule has 0 aliphatic heterocycles. The van der Waals surface area contributed by atoms with Gasteiger partial charge >= 0.3 is 0 Å². The van der Waals surface area contributed by atoms with E-state index in [1.165, 1.54) is 6.07 Å². The van der Waals surface area contributed by atoms with Gasteiger partial charge in [0.15, 0.2) is 0 Å². The van der Waals surface area contributed by atoms with Crippen LogP contribution in [0.4, 0.5) is 11.5 Å². The number of nitrogens with one attached hydrogen (secondary N) is 2. The fourth-order valence-electron chi connectivity index (χ4n) is 2.10. The minimum atomic E-state index is -3.60. The van der Waals surface area contributed by atoms with Crippen LogP contribution in [0.1, 0.15) is 15.9 Å². The SMILES string of the molecule is Cc1ccnc(NC(=O)c2ccc(NS(=O)(=O)c3cccs3)cc2)c1. The Morgan fingerprint density at radius 3 is 2.52 bits per heavy atom. The van der Waals surface area contributed by atoms with E-state index in [4.69, 9.17) is 0 Å². The molecule has 3 rings (SSSR count). The van der Waals surface area contributed by atoms with Gasteiger partial charge < -0.3 is 5.32 Å². The molecule has 0 atom stereocenters. The number of pyridine rings is 1. The van der Waals surface area contributed by atoms with Crippen LogP contribution in [0.5, 0.6) is 0 Å². The molecule has 8 heteroatoms. The summed E-state index contributed by atoms with van der Waals surface area (Å²) in [5, 5.41) is 4.40. The molecule has 128 valence electrons. The molecule has 25 heavy (non-hydrogen) atoms. The highest BCUT2D eigenvalue weighted by Crippen LogP contribution is 2.20. The number of amides is 1. The Labute approximate surface area is 149 Å². The molecule has 0 bridgehead atoms. The quantitative estimate of drug-likeness (QED) is 0.716. The van der Waals surface area contributed by atoms with E-state index in [2.05, 4.69) is 15.0 Å². The lowest BCUT2D eigenvalue weighted by Crippen LogP contribution is -2.14. The second-order valence-corrected chi connectivity index (χ2v) is 8.14. The number of aryl methyl sites for hydroxylation is 1. The summed E-state index contributed by atoms with van der Waals surface area (Å²) in [7, 11) is -3.60. The van der Waals surface area contributed by atoms with Crippen LogP contribution in [0.3, 0.4) is 0 Å². The molecule has 2 N–H and O–H groups in total. The highest BCUT2D eigenvalue weighted by Gasteiger charge is 2.15. The van der Waals surface area contributed by atoms with Crippen molar-refractivity contribution in [3.63, 3.8) is 0 Å². The van der Waals surface area contributed by atoms with E-state index in [-0.39, 0.29) is 10.1 Å². The van der Waals surface area contributed by atoms with Gasteiger partial charge in [-0.2, -0.15) is 0 Å². The van der Waals surface area contributed by atoms with Crippen molar-refractivity contribution in [2.75, 3.05) is 10.0 Å². The molecule has 2 heterocycles. The average Bonchev–Trinajstić information content (AvgIpc) is 3.10. The van der Waals surface area contributed by atoms with Crippen molar-refractivity contribution in [2.24, 2.45) is 0 Å². The number of carbonyl (C=O) groups excluding carboxylic acids is 1. The number of benzene rings is 1. The second kappa shape index (κ2) is 7.04. The number of thiophene rings is 1. The van der Waals surface area contributed by atoms with Crippen molar-refractivity contribution in [1.82, 2.24) is 4.98 Å². The van der Waals surface area contributed by atoms with Gasteiger partial charge in [-0.15, -0.1) is 11.3 Å². The lowest BCUT2D eigenvalue weighted by atomic mass is 10.2. The molecule has 0 saturated heterocycles. The Morgan fingerprint density at radius 2 is 1.88 bits per heavy atom. The van der Waals surface area contributed by atoms with E-state index >= 15 is 0 Å². The van der Waals surface area contributed by atoms with E-state index in [0.717, 1.165) is 16.9 Å². The molecule has 3 aromatic rings. The third-order valence-corrected chi connectivity index (χ3v) is 6.10. The molecule has 0 aliphatic carbocycles. The lowest BCUT2D eigenvalue weighted by molar-refractivity contribution is 0.102. The predicted octanol–water partition coefficient (Wildman–Crippen LogP) is 3.50. The minimum absolute atomic E-state index is 0.236. The van der Waals surface area contributed by atoms with Gasteiger partial charge in [0.25, 0.3) is 15.9 Å². The molecule has 0 saturated carbocycles. The third-order valence-electron chi connectivity index (χ3n) is 3.32. The first-order chi connectivity index (χ1) is 11.9. The molecule has 1 amide bonds. The lowest BCUT2D eigenvalue weighted by Gasteiger charge is -2.08. The van der Waals surface area contributed by atoms with Gasteiger partial charge in [0, 0.05) is 17.4 Å². The molecule has 2 aromatic heterocycles. The van der Waals surface area contributed by atoms with Crippen LogP contribution in [-0.2, 0) is 10.0 Å².